The van der Waals surface area contributed by atoms with E-state index in [0.717, 1.165) is 36.8 Å². The van der Waals surface area contributed by atoms with E-state index in [1.54, 1.807) is 31.2 Å². The van der Waals surface area contributed by atoms with Crippen molar-refractivity contribution in [2.24, 2.45) is 0 Å². The molecule has 0 unspecified atom stereocenters. The number of carboxylic acids is 1. The molecule has 0 spiro atoms. The van der Waals surface area contributed by atoms with Gasteiger partial charge < -0.3 is 14.8 Å². The van der Waals surface area contributed by atoms with Gasteiger partial charge in [0.25, 0.3) is 5.91 Å². The first kappa shape index (κ1) is 19.4. The van der Waals surface area contributed by atoms with Gasteiger partial charge in [-0.2, -0.15) is 5.26 Å². The van der Waals surface area contributed by atoms with Crippen molar-refractivity contribution in [1.29, 1.82) is 5.26 Å². The lowest BCUT2D eigenvalue weighted by Gasteiger charge is -2.22. The maximum Gasteiger partial charge on any atom is 0.335 e. The van der Waals surface area contributed by atoms with Crippen LogP contribution in [0.25, 0.3) is 17.4 Å². The molecule has 0 radical (unpaired) electrons. The number of nitriles is 1. The summed E-state index contributed by atoms with van der Waals surface area (Å²) in [4.78, 5) is 23.4. The quantitative estimate of drug-likeness (QED) is 0.596. The van der Waals surface area contributed by atoms with Crippen molar-refractivity contribution in [3.63, 3.8) is 0 Å². The molecule has 0 bridgehead atoms. The predicted molar refractivity (Wildman–Crippen MR) is 104 cm³/mol. The van der Waals surface area contributed by atoms with Gasteiger partial charge in [0.1, 0.15) is 23.2 Å². The highest BCUT2D eigenvalue weighted by Crippen LogP contribution is 2.27. The fourth-order valence-electron chi connectivity index (χ4n) is 3.45. The molecular formula is C22H22N2O4. The molecule has 6 heteroatoms. The van der Waals surface area contributed by atoms with Gasteiger partial charge in [0.2, 0.25) is 0 Å². The Kier molecular flexibility index (Phi) is 5.95. The zero-order chi connectivity index (χ0) is 20.1. The van der Waals surface area contributed by atoms with E-state index in [-0.39, 0.29) is 23.1 Å². The zero-order valence-electron chi connectivity index (χ0n) is 15.7. The van der Waals surface area contributed by atoms with Gasteiger partial charge in [0.15, 0.2) is 0 Å². The summed E-state index contributed by atoms with van der Waals surface area (Å²) < 4.78 is 5.77. The first-order valence-corrected chi connectivity index (χ1v) is 9.34. The Morgan fingerprint density at radius 3 is 2.61 bits per heavy atom. The molecule has 6 nitrogen and oxygen atoms in total. The molecule has 144 valence electrons. The van der Waals surface area contributed by atoms with E-state index in [1.165, 1.54) is 18.6 Å². The molecule has 1 amide bonds. The second-order valence-corrected chi connectivity index (χ2v) is 7.02. The van der Waals surface area contributed by atoms with E-state index in [2.05, 4.69) is 5.32 Å². The summed E-state index contributed by atoms with van der Waals surface area (Å²) in [6, 6.07) is 10.3. The van der Waals surface area contributed by atoms with Crippen molar-refractivity contribution in [2.45, 2.75) is 45.1 Å². The smallest absolute Gasteiger partial charge is 0.335 e. The summed E-state index contributed by atoms with van der Waals surface area (Å²) in [6.07, 6.45) is 6.70. The van der Waals surface area contributed by atoms with Crippen LogP contribution in [0.3, 0.4) is 0 Å². The number of carbonyl (C=O) groups excluding carboxylic acids is 1. The molecule has 1 aliphatic carbocycles. The third-order valence-corrected chi connectivity index (χ3v) is 4.96. The number of amides is 1. The number of aryl methyl sites for hydroxylation is 1. The highest BCUT2D eigenvalue weighted by Gasteiger charge is 2.18. The first-order chi connectivity index (χ1) is 13.5. The Bertz CT molecular complexity index is 959. The minimum absolute atomic E-state index is 0.00409. The molecule has 0 aliphatic heterocycles. The Labute approximate surface area is 163 Å². The second kappa shape index (κ2) is 8.57. The summed E-state index contributed by atoms with van der Waals surface area (Å²) in [5, 5.41) is 21.4. The van der Waals surface area contributed by atoms with Gasteiger partial charge in [-0.05, 0) is 49.6 Å². The molecule has 3 rings (SSSR count). The average molecular weight is 378 g/mol. The highest BCUT2D eigenvalue weighted by molar-refractivity contribution is 6.01. The van der Waals surface area contributed by atoms with Crippen LogP contribution < -0.4 is 5.32 Å². The molecule has 0 saturated heterocycles. The lowest BCUT2D eigenvalue weighted by molar-refractivity contribution is -0.117. The number of hydrogen-bond donors (Lipinski definition) is 2. The number of furan rings is 1. The van der Waals surface area contributed by atoms with Crippen molar-refractivity contribution >= 4 is 18.0 Å². The Hall–Kier alpha value is -3.33. The van der Waals surface area contributed by atoms with Gasteiger partial charge in [-0.1, -0.05) is 25.3 Å². The van der Waals surface area contributed by atoms with Crippen molar-refractivity contribution in [3.8, 4) is 17.4 Å². The Morgan fingerprint density at radius 2 is 1.96 bits per heavy atom. The number of rotatable bonds is 5. The molecule has 1 aromatic heterocycles. The largest absolute Gasteiger partial charge is 0.478 e. The van der Waals surface area contributed by atoms with Gasteiger partial charge in [0, 0.05) is 17.7 Å². The van der Waals surface area contributed by atoms with Crippen LogP contribution in [0.4, 0.5) is 0 Å². The van der Waals surface area contributed by atoms with Crippen molar-refractivity contribution < 1.29 is 19.1 Å². The lowest BCUT2D eigenvalue weighted by Crippen LogP contribution is -2.36. The van der Waals surface area contributed by atoms with Crippen LogP contribution in [0.15, 0.2) is 40.3 Å². The van der Waals surface area contributed by atoms with Crippen LogP contribution in [0.5, 0.6) is 0 Å². The summed E-state index contributed by atoms with van der Waals surface area (Å²) in [6.45, 7) is 1.80. The minimum Gasteiger partial charge on any atom is -0.478 e. The van der Waals surface area contributed by atoms with Gasteiger partial charge >= 0.3 is 5.97 Å². The van der Waals surface area contributed by atoms with Crippen molar-refractivity contribution in [2.75, 3.05) is 0 Å². The van der Waals surface area contributed by atoms with Gasteiger partial charge in [-0.15, -0.1) is 0 Å². The highest BCUT2D eigenvalue weighted by atomic mass is 16.4. The SMILES string of the molecule is Cc1cc(C(=O)O)ccc1-c1ccc(/C=C(\C#N)C(=O)NC2CCCCC2)o1. The van der Waals surface area contributed by atoms with Crippen LogP contribution in [-0.2, 0) is 4.79 Å². The number of carboxylic acid groups (broad SMARTS) is 1. The van der Waals surface area contributed by atoms with E-state index in [0.29, 0.717) is 11.5 Å². The third-order valence-electron chi connectivity index (χ3n) is 4.96. The fourth-order valence-corrected chi connectivity index (χ4v) is 3.45. The van der Waals surface area contributed by atoms with Gasteiger partial charge in [-0.3, -0.25) is 4.79 Å². The van der Waals surface area contributed by atoms with Crippen LogP contribution >= 0.6 is 0 Å². The van der Waals surface area contributed by atoms with Crippen LogP contribution in [-0.4, -0.2) is 23.0 Å². The lowest BCUT2D eigenvalue weighted by atomic mass is 9.95. The third kappa shape index (κ3) is 4.49. The normalized spacial score (nSPS) is 15.1. The summed E-state index contributed by atoms with van der Waals surface area (Å²) in [5.41, 5.74) is 1.73. The van der Waals surface area contributed by atoms with Crippen molar-refractivity contribution in [1.82, 2.24) is 5.32 Å². The van der Waals surface area contributed by atoms with Crippen LogP contribution in [0, 0.1) is 18.3 Å². The molecule has 28 heavy (non-hydrogen) atoms. The molecule has 0 atom stereocenters. The van der Waals surface area contributed by atoms with Gasteiger partial charge in [-0.25, -0.2) is 4.79 Å². The predicted octanol–water partition coefficient (Wildman–Crippen LogP) is 4.31. The van der Waals surface area contributed by atoms with Crippen LogP contribution in [0.2, 0.25) is 0 Å². The summed E-state index contributed by atoms with van der Waals surface area (Å²) in [7, 11) is 0. The molecule has 2 aromatic rings. The number of carbonyl (C=O) groups is 2. The number of hydrogen-bond acceptors (Lipinski definition) is 4. The maximum atomic E-state index is 12.4. The molecule has 1 fully saturated rings. The molecule has 2 N–H and O–H groups in total. The molecule has 1 saturated carbocycles. The second-order valence-electron chi connectivity index (χ2n) is 7.02. The van der Waals surface area contributed by atoms with E-state index in [1.807, 2.05) is 6.07 Å². The summed E-state index contributed by atoms with van der Waals surface area (Å²) in [5.74, 6) is -0.424. The van der Waals surface area contributed by atoms with E-state index < -0.39 is 5.97 Å². The average Bonchev–Trinajstić information content (AvgIpc) is 3.15. The van der Waals surface area contributed by atoms with E-state index in [9.17, 15) is 14.9 Å². The molecule has 1 heterocycles. The van der Waals surface area contributed by atoms with Crippen LogP contribution in [0.1, 0.15) is 53.8 Å². The Morgan fingerprint density at radius 1 is 1.21 bits per heavy atom. The zero-order valence-corrected chi connectivity index (χ0v) is 15.7. The molecule has 1 aliphatic rings. The van der Waals surface area contributed by atoms with E-state index >= 15 is 0 Å². The molecular weight excluding hydrogens is 356 g/mol. The van der Waals surface area contributed by atoms with E-state index in [4.69, 9.17) is 9.52 Å². The number of aromatic carboxylic acids is 1. The molecule has 1 aromatic carbocycles. The van der Waals surface area contributed by atoms with Gasteiger partial charge in [0.05, 0.1) is 5.56 Å². The topological polar surface area (TPSA) is 103 Å². The standard InChI is InChI=1S/C22H22N2O4/c1-14-11-15(22(26)27)7-9-19(14)20-10-8-18(28-20)12-16(13-23)21(25)24-17-5-3-2-4-6-17/h7-12,17H,2-6H2,1H3,(H,24,25)(H,26,27)/b16-12+. The number of benzene rings is 1. The number of nitrogens with zero attached hydrogens (tertiary/aromatic N) is 1. The summed E-state index contributed by atoms with van der Waals surface area (Å²) >= 11 is 0. The maximum absolute atomic E-state index is 12.4. The first-order valence-electron chi connectivity index (χ1n) is 9.34. The Balaban J connectivity index is 1.77. The minimum atomic E-state index is -0.986. The monoisotopic (exact) mass is 378 g/mol. The van der Waals surface area contributed by atoms with Crippen molar-refractivity contribution in [3.05, 3.63) is 52.8 Å². The number of nitrogens with one attached hydrogen (secondary N) is 1. The fraction of sp³-hybridized carbons (Fsp3) is 0.318.